The quantitative estimate of drug-likeness (QED) is 0.726. The van der Waals surface area contributed by atoms with Gasteiger partial charge in [0.15, 0.2) is 0 Å². The van der Waals surface area contributed by atoms with Crippen LogP contribution in [0.5, 0.6) is 0 Å². The smallest absolute Gasteiger partial charge is 0.228 e. The monoisotopic (exact) mass is 381 g/mol. The molecule has 2 aromatic rings. The molecule has 148 valence electrons. The van der Waals surface area contributed by atoms with Crippen molar-refractivity contribution in [3.63, 3.8) is 0 Å². The van der Waals surface area contributed by atoms with Gasteiger partial charge in [0.05, 0.1) is 12.5 Å². The van der Waals surface area contributed by atoms with Gasteiger partial charge in [-0.15, -0.1) is 0 Å². The van der Waals surface area contributed by atoms with Crippen LogP contribution in [0.3, 0.4) is 0 Å². The third-order valence-corrected chi connectivity index (χ3v) is 6.31. The first kappa shape index (κ1) is 19.1. The molecule has 2 aromatic carbocycles. The molecule has 4 rings (SSSR count). The predicted octanol–water partition coefficient (Wildman–Crippen LogP) is 4.70. The van der Waals surface area contributed by atoms with Crippen LogP contribution in [0.25, 0.3) is 11.1 Å². The summed E-state index contributed by atoms with van der Waals surface area (Å²) in [6, 6.07) is 15.3. The third kappa shape index (κ3) is 3.70. The number of hydrogen-bond acceptors (Lipinski definition) is 2. The van der Waals surface area contributed by atoms with Crippen molar-refractivity contribution >= 4 is 5.91 Å². The van der Waals surface area contributed by atoms with Crippen molar-refractivity contribution in [3.05, 3.63) is 59.9 Å². The summed E-state index contributed by atoms with van der Waals surface area (Å²) in [5, 5.41) is 0. The van der Waals surface area contributed by atoms with E-state index in [0.717, 1.165) is 18.5 Å². The highest BCUT2D eigenvalue weighted by Crippen LogP contribution is 2.55. The zero-order chi connectivity index (χ0) is 19.7. The highest BCUT2D eigenvalue weighted by Gasteiger charge is 2.53. The number of ether oxygens (including phenoxy) is 1. The van der Waals surface area contributed by atoms with Gasteiger partial charge in [0.1, 0.15) is 5.82 Å². The van der Waals surface area contributed by atoms with Gasteiger partial charge in [-0.2, -0.15) is 0 Å². The first-order chi connectivity index (χ1) is 13.5. The first-order valence-corrected chi connectivity index (χ1v) is 10.2. The Morgan fingerprint density at radius 3 is 2.64 bits per heavy atom. The largest absolute Gasteiger partial charge is 0.384 e. The van der Waals surface area contributed by atoms with Crippen LogP contribution in [0.2, 0.25) is 0 Å². The number of rotatable bonds is 6. The van der Waals surface area contributed by atoms with Gasteiger partial charge in [-0.25, -0.2) is 4.39 Å². The Morgan fingerprint density at radius 2 is 1.96 bits per heavy atom. The van der Waals surface area contributed by atoms with Gasteiger partial charge in [-0.05, 0) is 42.2 Å². The lowest BCUT2D eigenvalue weighted by Gasteiger charge is -2.28. The minimum atomic E-state index is -0.165. The van der Waals surface area contributed by atoms with E-state index < -0.39 is 0 Å². The number of benzene rings is 2. The zero-order valence-corrected chi connectivity index (χ0v) is 16.7. The lowest BCUT2D eigenvalue weighted by atomic mass is 9.95. The van der Waals surface area contributed by atoms with Crippen LogP contribution in [-0.2, 0) is 16.0 Å². The van der Waals surface area contributed by atoms with Crippen LogP contribution in [0.15, 0.2) is 48.5 Å². The molecule has 3 nitrogen and oxygen atoms in total. The van der Waals surface area contributed by atoms with E-state index in [9.17, 15) is 4.79 Å². The van der Waals surface area contributed by atoms with E-state index in [1.54, 1.807) is 7.11 Å². The van der Waals surface area contributed by atoms with Crippen molar-refractivity contribution in [2.24, 2.45) is 11.3 Å². The minimum absolute atomic E-state index is 0.0647. The average molecular weight is 381 g/mol. The van der Waals surface area contributed by atoms with E-state index >= 15 is 4.39 Å². The second kappa shape index (κ2) is 7.67. The second-order valence-corrected chi connectivity index (χ2v) is 8.53. The van der Waals surface area contributed by atoms with Crippen LogP contribution < -0.4 is 0 Å². The molecule has 0 bridgehead atoms. The highest BCUT2D eigenvalue weighted by molar-refractivity contribution is 5.79. The number of nitrogens with zero attached hydrogens (tertiary/aromatic N) is 1. The summed E-state index contributed by atoms with van der Waals surface area (Å²) in [5.74, 6) is -0.195. The van der Waals surface area contributed by atoms with Gasteiger partial charge in [0.25, 0.3) is 0 Å². The fourth-order valence-electron chi connectivity index (χ4n) is 4.58. The Bertz CT molecular complexity index is 847. The lowest BCUT2D eigenvalue weighted by Crippen LogP contribution is -2.41. The number of carbonyl (C=O) groups is 1. The molecule has 2 fully saturated rings. The number of carbonyl (C=O) groups excluding carboxylic acids is 1. The van der Waals surface area contributed by atoms with E-state index in [4.69, 9.17) is 4.74 Å². The molecule has 0 unspecified atom stereocenters. The summed E-state index contributed by atoms with van der Waals surface area (Å²) in [7, 11) is 1.62. The summed E-state index contributed by atoms with van der Waals surface area (Å²) in [6.45, 7) is 3.15. The normalized spacial score (nSPS) is 21.1. The molecule has 4 heteroatoms. The predicted molar refractivity (Wildman–Crippen MR) is 108 cm³/mol. The molecule has 0 aromatic heterocycles. The molecule has 1 saturated carbocycles. The zero-order valence-electron chi connectivity index (χ0n) is 16.7. The molecular weight excluding hydrogens is 353 g/mol. The van der Waals surface area contributed by atoms with Crippen LogP contribution in [0.1, 0.15) is 31.7 Å². The van der Waals surface area contributed by atoms with Crippen LogP contribution in [-0.4, -0.2) is 37.1 Å². The molecule has 2 atom stereocenters. The van der Waals surface area contributed by atoms with Crippen LogP contribution in [0.4, 0.5) is 4.39 Å². The second-order valence-electron chi connectivity index (χ2n) is 8.53. The molecule has 1 saturated heterocycles. The van der Waals surface area contributed by atoms with E-state index in [-0.39, 0.29) is 29.1 Å². The number of methoxy groups -OCH3 is 1. The molecule has 0 N–H and O–H groups in total. The van der Waals surface area contributed by atoms with E-state index in [1.807, 2.05) is 60.4 Å². The lowest BCUT2D eigenvalue weighted by molar-refractivity contribution is -0.137. The molecule has 1 aliphatic carbocycles. The number of halogens is 1. The molecule has 1 spiro atoms. The van der Waals surface area contributed by atoms with E-state index in [2.05, 4.69) is 0 Å². The van der Waals surface area contributed by atoms with Gasteiger partial charge >= 0.3 is 0 Å². The summed E-state index contributed by atoms with van der Waals surface area (Å²) >= 11 is 0. The topological polar surface area (TPSA) is 29.5 Å². The number of likely N-dealkylation sites (tertiary alicyclic amines) is 1. The van der Waals surface area contributed by atoms with Crippen molar-refractivity contribution in [2.45, 2.75) is 38.6 Å². The Hall–Kier alpha value is -2.20. The highest BCUT2D eigenvalue weighted by atomic mass is 19.1. The maximum Gasteiger partial charge on any atom is 0.228 e. The molecule has 1 heterocycles. The summed E-state index contributed by atoms with van der Waals surface area (Å²) in [5.41, 5.74) is 2.48. The average Bonchev–Trinajstić information content (AvgIpc) is 3.36. The van der Waals surface area contributed by atoms with Gasteiger partial charge in [0.2, 0.25) is 5.91 Å². The van der Waals surface area contributed by atoms with Crippen molar-refractivity contribution < 1.29 is 13.9 Å². The van der Waals surface area contributed by atoms with E-state index in [1.165, 1.54) is 12.8 Å². The molecular formula is C24H28FNO2. The molecule has 28 heavy (non-hydrogen) atoms. The Balaban J connectivity index is 1.58. The standard InChI is InChI=1S/C24H28FNO2/c1-17(15-28-2)23(27)26-16-24(11-12-24)14-20(26)13-19-9-6-10-21(22(19)25)18-7-4-3-5-8-18/h3-10,17,20H,11-16H2,1-2H3/t17-,20-/m0/s1. The maximum absolute atomic E-state index is 15.3. The van der Waals surface area contributed by atoms with Gasteiger partial charge in [-0.3, -0.25) is 4.79 Å². The van der Waals surface area contributed by atoms with Crippen molar-refractivity contribution in [1.82, 2.24) is 4.90 Å². The van der Waals surface area contributed by atoms with Crippen LogP contribution >= 0.6 is 0 Å². The number of amides is 1. The summed E-state index contributed by atoms with van der Waals surface area (Å²) in [6.07, 6.45) is 3.91. The van der Waals surface area contributed by atoms with Gasteiger partial charge in [0, 0.05) is 25.3 Å². The fraction of sp³-hybridized carbons (Fsp3) is 0.458. The maximum atomic E-state index is 15.3. The molecule has 2 aliphatic rings. The Labute approximate surface area is 166 Å². The van der Waals surface area contributed by atoms with Gasteiger partial charge < -0.3 is 9.64 Å². The third-order valence-electron chi connectivity index (χ3n) is 6.31. The van der Waals surface area contributed by atoms with Gasteiger partial charge in [-0.1, -0.05) is 55.5 Å². The van der Waals surface area contributed by atoms with Crippen LogP contribution in [0, 0.1) is 17.2 Å². The Kier molecular flexibility index (Phi) is 5.24. The molecule has 1 amide bonds. The first-order valence-electron chi connectivity index (χ1n) is 10.2. The summed E-state index contributed by atoms with van der Waals surface area (Å²) < 4.78 is 20.5. The Morgan fingerprint density at radius 1 is 1.21 bits per heavy atom. The fourth-order valence-corrected chi connectivity index (χ4v) is 4.58. The molecule has 0 radical (unpaired) electrons. The van der Waals surface area contributed by atoms with E-state index in [0.29, 0.717) is 24.2 Å². The van der Waals surface area contributed by atoms with Crippen molar-refractivity contribution in [3.8, 4) is 11.1 Å². The summed E-state index contributed by atoms with van der Waals surface area (Å²) in [4.78, 5) is 15.0. The number of hydrogen-bond donors (Lipinski definition) is 0. The van der Waals surface area contributed by atoms with Crippen molar-refractivity contribution in [2.75, 3.05) is 20.3 Å². The SMILES string of the molecule is COC[C@H](C)C(=O)N1CC2(CC2)C[C@@H]1Cc1cccc(-c2ccccc2)c1F. The van der Waals surface area contributed by atoms with Crippen molar-refractivity contribution in [1.29, 1.82) is 0 Å². The minimum Gasteiger partial charge on any atom is -0.384 e. The molecule has 1 aliphatic heterocycles.